The number of likely N-dealkylation sites (tertiary alicyclic amines) is 1. The van der Waals surface area contributed by atoms with Gasteiger partial charge in [0.25, 0.3) is 5.91 Å². The van der Waals surface area contributed by atoms with Crippen molar-refractivity contribution in [3.8, 4) is 0 Å². The summed E-state index contributed by atoms with van der Waals surface area (Å²) in [7, 11) is 0. The third-order valence-electron chi connectivity index (χ3n) is 3.82. The van der Waals surface area contributed by atoms with Crippen LogP contribution in [0.4, 0.5) is 0 Å². The Morgan fingerprint density at radius 1 is 1.39 bits per heavy atom. The van der Waals surface area contributed by atoms with Gasteiger partial charge in [0.05, 0.1) is 0 Å². The molecule has 1 amide bonds. The number of hydrogen-bond donors (Lipinski definition) is 0. The summed E-state index contributed by atoms with van der Waals surface area (Å²) in [4.78, 5) is 15.2. The van der Waals surface area contributed by atoms with Gasteiger partial charge >= 0.3 is 0 Å². The standard InChI is InChI=1S/C14H20BrNOS/c1-14(2,3)10-4-7-16(8-5-10)13(17)12-11(15)6-9-18-12/h6,9-10H,4-5,7-8H2,1-3H3. The fourth-order valence-electron chi connectivity index (χ4n) is 2.54. The Morgan fingerprint density at radius 3 is 2.44 bits per heavy atom. The van der Waals surface area contributed by atoms with E-state index in [2.05, 4.69) is 36.7 Å². The van der Waals surface area contributed by atoms with Crippen molar-refractivity contribution in [2.75, 3.05) is 13.1 Å². The zero-order valence-electron chi connectivity index (χ0n) is 11.2. The van der Waals surface area contributed by atoms with Crippen LogP contribution in [-0.4, -0.2) is 23.9 Å². The molecule has 1 aromatic rings. The largest absolute Gasteiger partial charge is 0.338 e. The highest BCUT2D eigenvalue weighted by atomic mass is 79.9. The van der Waals surface area contributed by atoms with Crippen molar-refractivity contribution in [2.24, 2.45) is 11.3 Å². The van der Waals surface area contributed by atoms with Crippen molar-refractivity contribution < 1.29 is 4.79 Å². The van der Waals surface area contributed by atoms with Gasteiger partial charge in [-0.2, -0.15) is 0 Å². The van der Waals surface area contributed by atoms with Crippen LogP contribution in [0.1, 0.15) is 43.3 Å². The Morgan fingerprint density at radius 2 is 2.00 bits per heavy atom. The van der Waals surface area contributed by atoms with Crippen LogP contribution in [0.15, 0.2) is 15.9 Å². The molecule has 1 fully saturated rings. The Labute approximate surface area is 122 Å². The quantitative estimate of drug-likeness (QED) is 0.747. The van der Waals surface area contributed by atoms with Gasteiger partial charge in [0.15, 0.2) is 0 Å². The maximum Gasteiger partial charge on any atom is 0.265 e. The fraction of sp³-hybridized carbons (Fsp3) is 0.643. The third-order valence-corrected chi connectivity index (χ3v) is 5.64. The zero-order chi connectivity index (χ0) is 13.3. The molecule has 0 aromatic carbocycles. The molecule has 1 aromatic heterocycles. The van der Waals surface area contributed by atoms with Crippen LogP contribution in [0.2, 0.25) is 0 Å². The molecule has 0 N–H and O–H groups in total. The van der Waals surface area contributed by atoms with E-state index >= 15 is 0 Å². The van der Waals surface area contributed by atoms with Gasteiger partial charge in [-0.05, 0) is 51.6 Å². The maximum atomic E-state index is 12.3. The van der Waals surface area contributed by atoms with E-state index in [1.54, 1.807) is 0 Å². The van der Waals surface area contributed by atoms with E-state index in [-0.39, 0.29) is 5.91 Å². The van der Waals surface area contributed by atoms with E-state index < -0.39 is 0 Å². The zero-order valence-corrected chi connectivity index (χ0v) is 13.6. The molecule has 1 aliphatic heterocycles. The van der Waals surface area contributed by atoms with Crippen LogP contribution in [0.5, 0.6) is 0 Å². The lowest BCUT2D eigenvalue weighted by molar-refractivity contribution is 0.0612. The monoisotopic (exact) mass is 329 g/mol. The van der Waals surface area contributed by atoms with Crippen molar-refractivity contribution in [3.63, 3.8) is 0 Å². The van der Waals surface area contributed by atoms with Gasteiger partial charge in [-0.3, -0.25) is 4.79 Å². The number of carbonyl (C=O) groups is 1. The number of nitrogens with zero attached hydrogens (tertiary/aromatic N) is 1. The first-order valence-electron chi connectivity index (χ1n) is 6.42. The minimum atomic E-state index is 0.184. The van der Waals surface area contributed by atoms with Gasteiger partial charge in [0.2, 0.25) is 0 Å². The van der Waals surface area contributed by atoms with E-state index in [0.717, 1.165) is 41.2 Å². The lowest BCUT2D eigenvalue weighted by Crippen LogP contribution is -2.41. The molecule has 18 heavy (non-hydrogen) atoms. The summed E-state index contributed by atoms with van der Waals surface area (Å²) in [6, 6.07) is 1.94. The van der Waals surface area contributed by atoms with Crippen LogP contribution in [-0.2, 0) is 0 Å². The summed E-state index contributed by atoms with van der Waals surface area (Å²) in [6.45, 7) is 8.68. The number of carbonyl (C=O) groups excluding carboxylic acids is 1. The first kappa shape index (κ1) is 14.1. The second kappa shape index (κ2) is 5.33. The molecule has 1 saturated heterocycles. The van der Waals surface area contributed by atoms with E-state index in [1.165, 1.54) is 11.3 Å². The molecular formula is C14H20BrNOS. The molecule has 0 unspecified atom stereocenters. The van der Waals surface area contributed by atoms with Crippen LogP contribution in [0.25, 0.3) is 0 Å². The molecule has 2 heterocycles. The van der Waals surface area contributed by atoms with Crippen molar-refractivity contribution in [1.29, 1.82) is 0 Å². The molecule has 2 rings (SSSR count). The van der Waals surface area contributed by atoms with Crippen LogP contribution in [0.3, 0.4) is 0 Å². The molecule has 1 aliphatic rings. The summed E-state index contributed by atoms with van der Waals surface area (Å²) in [5, 5.41) is 1.96. The van der Waals surface area contributed by atoms with Crippen LogP contribution in [0, 0.1) is 11.3 Å². The minimum absolute atomic E-state index is 0.184. The predicted octanol–water partition coefficient (Wildman–Crippen LogP) is 4.41. The van der Waals surface area contributed by atoms with Crippen molar-refractivity contribution >= 4 is 33.2 Å². The Hall–Kier alpha value is -0.350. The first-order chi connectivity index (χ1) is 8.39. The van der Waals surface area contributed by atoms with E-state index in [1.807, 2.05) is 16.3 Å². The highest BCUT2D eigenvalue weighted by Gasteiger charge is 2.31. The second-order valence-electron chi connectivity index (χ2n) is 6.03. The SMILES string of the molecule is CC(C)(C)C1CCN(C(=O)c2sccc2Br)CC1. The van der Waals surface area contributed by atoms with Crippen molar-refractivity contribution in [1.82, 2.24) is 4.90 Å². The lowest BCUT2D eigenvalue weighted by Gasteiger charge is -2.38. The molecule has 4 heteroatoms. The Bertz CT molecular complexity index is 427. The molecule has 0 aliphatic carbocycles. The van der Waals surface area contributed by atoms with Crippen LogP contribution >= 0.6 is 27.3 Å². The summed E-state index contributed by atoms with van der Waals surface area (Å²) in [5.41, 5.74) is 0.360. The first-order valence-corrected chi connectivity index (χ1v) is 8.09. The average Bonchev–Trinajstić information content (AvgIpc) is 2.73. The van der Waals surface area contributed by atoms with Crippen molar-refractivity contribution in [3.05, 3.63) is 20.8 Å². The number of rotatable bonds is 1. The van der Waals surface area contributed by atoms with Gasteiger partial charge in [-0.1, -0.05) is 20.8 Å². The third kappa shape index (κ3) is 2.97. The van der Waals surface area contributed by atoms with E-state index in [0.29, 0.717) is 5.41 Å². The van der Waals surface area contributed by atoms with Gasteiger partial charge in [0.1, 0.15) is 4.88 Å². The lowest BCUT2D eigenvalue weighted by atomic mass is 9.75. The smallest absolute Gasteiger partial charge is 0.265 e. The maximum absolute atomic E-state index is 12.3. The molecule has 0 radical (unpaired) electrons. The summed E-state index contributed by atoms with van der Waals surface area (Å²) in [6.07, 6.45) is 2.25. The van der Waals surface area contributed by atoms with Gasteiger partial charge in [-0.15, -0.1) is 11.3 Å². The Kier molecular flexibility index (Phi) is 4.17. The summed E-state index contributed by atoms with van der Waals surface area (Å²) >= 11 is 4.96. The molecule has 2 nitrogen and oxygen atoms in total. The minimum Gasteiger partial charge on any atom is -0.338 e. The Balaban J connectivity index is 1.99. The fourth-order valence-corrected chi connectivity index (χ4v) is 4.05. The molecule has 0 saturated carbocycles. The molecule has 100 valence electrons. The molecule has 0 atom stereocenters. The van der Waals surface area contributed by atoms with Gasteiger partial charge < -0.3 is 4.90 Å². The van der Waals surface area contributed by atoms with E-state index in [9.17, 15) is 4.79 Å². The number of thiophene rings is 1. The number of amides is 1. The number of halogens is 1. The van der Waals surface area contributed by atoms with E-state index in [4.69, 9.17) is 0 Å². The normalized spacial score (nSPS) is 18.1. The van der Waals surface area contributed by atoms with Crippen LogP contribution < -0.4 is 0 Å². The summed E-state index contributed by atoms with van der Waals surface area (Å²) < 4.78 is 0.926. The number of piperidine rings is 1. The highest BCUT2D eigenvalue weighted by molar-refractivity contribution is 9.10. The topological polar surface area (TPSA) is 20.3 Å². The highest BCUT2D eigenvalue weighted by Crippen LogP contribution is 2.35. The van der Waals surface area contributed by atoms with Gasteiger partial charge in [0, 0.05) is 17.6 Å². The molecular weight excluding hydrogens is 310 g/mol. The van der Waals surface area contributed by atoms with Crippen molar-refractivity contribution in [2.45, 2.75) is 33.6 Å². The second-order valence-corrected chi connectivity index (χ2v) is 7.80. The molecule has 0 bridgehead atoms. The predicted molar refractivity (Wildman–Crippen MR) is 80.1 cm³/mol. The average molecular weight is 330 g/mol. The number of hydrogen-bond acceptors (Lipinski definition) is 2. The van der Waals surface area contributed by atoms with Gasteiger partial charge in [-0.25, -0.2) is 0 Å². The molecule has 0 spiro atoms. The summed E-state index contributed by atoms with van der Waals surface area (Å²) in [5.74, 6) is 0.914.